The van der Waals surface area contributed by atoms with Crippen molar-refractivity contribution in [3.63, 3.8) is 0 Å². The van der Waals surface area contributed by atoms with Crippen molar-refractivity contribution in [1.82, 2.24) is 10.6 Å². The summed E-state index contributed by atoms with van der Waals surface area (Å²) < 4.78 is 10.5. The fourth-order valence-corrected chi connectivity index (χ4v) is 1.15. The monoisotopic (exact) mass is 284 g/mol. The highest BCUT2D eigenvalue weighted by Crippen LogP contribution is 1.93. The normalized spacial score (nSPS) is 10.2. The zero-order valence-corrected chi connectivity index (χ0v) is 12.5. The van der Waals surface area contributed by atoms with Crippen LogP contribution in [0, 0.1) is 0 Å². The van der Waals surface area contributed by atoms with E-state index < -0.39 is 6.17 Å². The van der Waals surface area contributed by atoms with Crippen molar-refractivity contribution in [2.24, 2.45) is 0 Å². The standard InChI is InChI=1S/C14H24N2O4/c1-6-19-7-8-20-9-12(15-13(17)10(2)3)16-14(18)11(4)5/h12H,2,4,6-9H2,1,3,5H3,(H,15,17)(H,16,18). The highest BCUT2D eigenvalue weighted by molar-refractivity contribution is 5.94. The number of hydrogen-bond donors (Lipinski definition) is 2. The summed E-state index contributed by atoms with van der Waals surface area (Å²) in [5, 5.41) is 5.23. The molecule has 0 saturated carbocycles. The molecule has 2 N–H and O–H groups in total. The molecule has 114 valence electrons. The quantitative estimate of drug-likeness (QED) is 0.352. The Bertz CT molecular complexity index is 338. The zero-order chi connectivity index (χ0) is 15.5. The van der Waals surface area contributed by atoms with Crippen LogP contribution in [0.5, 0.6) is 0 Å². The Labute approximate surface area is 120 Å². The summed E-state index contributed by atoms with van der Waals surface area (Å²) in [6, 6.07) is 0. The molecule has 0 unspecified atom stereocenters. The van der Waals surface area contributed by atoms with Gasteiger partial charge in [0, 0.05) is 17.8 Å². The summed E-state index contributed by atoms with van der Waals surface area (Å²) in [5.41, 5.74) is 0.711. The molecular weight excluding hydrogens is 260 g/mol. The largest absolute Gasteiger partial charge is 0.379 e. The molecule has 0 bridgehead atoms. The van der Waals surface area contributed by atoms with E-state index in [4.69, 9.17) is 9.47 Å². The first-order valence-electron chi connectivity index (χ1n) is 6.46. The predicted octanol–water partition coefficient (Wildman–Crippen LogP) is 0.750. The number of hydrogen-bond acceptors (Lipinski definition) is 4. The number of carbonyl (C=O) groups is 2. The van der Waals surface area contributed by atoms with Crippen LogP contribution >= 0.6 is 0 Å². The molecule has 20 heavy (non-hydrogen) atoms. The Balaban J connectivity index is 4.31. The first kappa shape index (κ1) is 18.3. The first-order valence-corrected chi connectivity index (χ1v) is 6.46. The lowest BCUT2D eigenvalue weighted by atomic mass is 10.3. The fourth-order valence-electron chi connectivity index (χ4n) is 1.15. The van der Waals surface area contributed by atoms with E-state index in [1.54, 1.807) is 13.8 Å². The lowest BCUT2D eigenvalue weighted by molar-refractivity contribution is -0.121. The number of ether oxygens (including phenoxy) is 2. The molecule has 6 heteroatoms. The van der Waals surface area contributed by atoms with Crippen LogP contribution in [-0.2, 0) is 19.1 Å². The highest BCUT2D eigenvalue weighted by Gasteiger charge is 2.15. The van der Waals surface area contributed by atoms with E-state index in [1.165, 1.54) is 0 Å². The van der Waals surface area contributed by atoms with Crippen LogP contribution in [0.4, 0.5) is 0 Å². The molecule has 0 aliphatic carbocycles. The summed E-state index contributed by atoms with van der Waals surface area (Å²) in [6.45, 7) is 13.8. The van der Waals surface area contributed by atoms with Gasteiger partial charge in [-0.3, -0.25) is 9.59 Å². The summed E-state index contributed by atoms with van der Waals surface area (Å²) >= 11 is 0. The van der Waals surface area contributed by atoms with Crippen LogP contribution in [0.2, 0.25) is 0 Å². The van der Waals surface area contributed by atoms with Crippen molar-refractivity contribution >= 4 is 11.8 Å². The fraction of sp³-hybridized carbons (Fsp3) is 0.571. The smallest absolute Gasteiger partial charge is 0.247 e. The van der Waals surface area contributed by atoms with E-state index in [9.17, 15) is 9.59 Å². The number of amides is 2. The number of nitrogens with one attached hydrogen (secondary N) is 2. The third-order valence-corrected chi connectivity index (χ3v) is 2.25. The first-order chi connectivity index (χ1) is 9.38. The van der Waals surface area contributed by atoms with Crippen LogP contribution in [0.15, 0.2) is 24.3 Å². The van der Waals surface area contributed by atoms with E-state index in [0.717, 1.165) is 0 Å². The highest BCUT2D eigenvalue weighted by atomic mass is 16.5. The molecule has 0 heterocycles. The van der Waals surface area contributed by atoms with Gasteiger partial charge in [-0.2, -0.15) is 0 Å². The van der Waals surface area contributed by atoms with Gasteiger partial charge in [0.05, 0.1) is 19.8 Å². The van der Waals surface area contributed by atoms with Gasteiger partial charge in [-0.25, -0.2) is 0 Å². The van der Waals surface area contributed by atoms with Crippen LogP contribution in [-0.4, -0.2) is 44.4 Å². The van der Waals surface area contributed by atoms with Gasteiger partial charge < -0.3 is 20.1 Å². The molecule has 2 amide bonds. The van der Waals surface area contributed by atoms with Crippen LogP contribution in [0.25, 0.3) is 0 Å². The van der Waals surface area contributed by atoms with Gasteiger partial charge in [0.2, 0.25) is 11.8 Å². The molecule has 0 rings (SSSR count). The van der Waals surface area contributed by atoms with Gasteiger partial charge in [-0.1, -0.05) is 13.2 Å². The van der Waals surface area contributed by atoms with E-state index in [0.29, 0.717) is 31.0 Å². The number of rotatable bonds is 10. The Morgan fingerprint density at radius 3 is 1.85 bits per heavy atom. The van der Waals surface area contributed by atoms with Crippen molar-refractivity contribution in [3.05, 3.63) is 24.3 Å². The summed E-state index contributed by atoms with van der Waals surface area (Å²) in [7, 11) is 0. The van der Waals surface area contributed by atoms with Crippen LogP contribution in [0.1, 0.15) is 20.8 Å². The second-order valence-corrected chi connectivity index (χ2v) is 4.33. The average Bonchev–Trinajstić information content (AvgIpc) is 2.37. The van der Waals surface area contributed by atoms with Crippen molar-refractivity contribution in [3.8, 4) is 0 Å². The SMILES string of the molecule is C=C(C)C(=O)NC(COCCOCC)NC(=O)C(=C)C. The molecule has 0 fully saturated rings. The Morgan fingerprint density at radius 2 is 1.45 bits per heavy atom. The maximum atomic E-state index is 11.6. The van der Waals surface area contributed by atoms with Gasteiger partial charge in [-0.15, -0.1) is 0 Å². The average molecular weight is 284 g/mol. The van der Waals surface area contributed by atoms with Crippen molar-refractivity contribution in [1.29, 1.82) is 0 Å². The molecule has 6 nitrogen and oxygen atoms in total. The molecule has 0 aromatic carbocycles. The third kappa shape index (κ3) is 8.44. The van der Waals surface area contributed by atoms with E-state index in [-0.39, 0.29) is 18.4 Å². The summed E-state index contributed by atoms with van der Waals surface area (Å²) in [5.74, 6) is -0.684. The van der Waals surface area contributed by atoms with E-state index in [2.05, 4.69) is 23.8 Å². The van der Waals surface area contributed by atoms with Crippen LogP contribution in [0.3, 0.4) is 0 Å². The number of carbonyl (C=O) groups excluding carboxylic acids is 2. The molecule has 0 aromatic rings. The van der Waals surface area contributed by atoms with Crippen LogP contribution < -0.4 is 10.6 Å². The van der Waals surface area contributed by atoms with E-state index >= 15 is 0 Å². The Hall–Kier alpha value is -1.66. The topological polar surface area (TPSA) is 76.7 Å². The lowest BCUT2D eigenvalue weighted by Gasteiger charge is -2.20. The molecule has 0 aliphatic heterocycles. The van der Waals surface area contributed by atoms with Crippen molar-refractivity contribution in [2.45, 2.75) is 26.9 Å². The predicted molar refractivity (Wildman–Crippen MR) is 77.0 cm³/mol. The van der Waals surface area contributed by atoms with Gasteiger partial charge in [0.15, 0.2) is 0 Å². The molecule has 0 radical (unpaired) electrons. The second kappa shape index (κ2) is 10.2. The molecule has 0 spiro atoms. The third-order valence-electron chi connectivity index (χ3n) is 2.25. The Morgan fingerprint density at radius 1 is 1.00 bits per heavy atom. The van der Waals surface area contributed by atoms with E-state index in [1.807, 2.05) is 6.92 Å². The van der Waals surface area contributed by atoms with Gasteiger partial charge in [-0.05, 0) is 20.8 Å². The minimum Gasteiger partial charge on any atom is -0.379 e. The van der Waals surface area contributed by atoms with Crippen molar-refractivity contribution in [2.75, 3.05) is 26.4 Å². The molecular formula is C14H24N2O4. The summed E-state index contributed by atoms with van der Waals surface area (Å²) in [4.78, 5) is 23.2. The Kier molecular flexibility index (Phi) is 9.32. The molecule has 0 atom stereocenters. The molecule has 0 aromatic heterocycles. The lowest BCUT2D eigenvalue weighted by Crippen LogP contribution is -2.51. The van der Waals surface area contributed by atoms with Crippen molar-refractivity contribution < 1.29 is 19.1 Å². The molecule has 0 aliphatic rings. The van der Waals surface area contributed by atoms with Gasteiger partial charge >= 0.3 is 0 Å². The van der Waals surface area contributed by atoms with Gasteiger partial charge in [0.1, 0.15) is 6.17 Å². The minimum atomic E-state index is -0.634. The molecule has 0 saturated heterocycles. The van der Waals surface area contributed by atoms with Gasteiger partial charge in [0.25, 0.3) is 0 Å². The summed E-state index contributed by atoms with van der Waals surface area (Å²) in [6.07, 6.45) is -0.634. The maximum Gasteiger partial charge on any atom is 0.247 e. The zero-order valence-electron chi connectivity index (χ0n) is 12.5. The minimum absolute atomic E-state index is 0.144. The maximum absolute atomic E-state index is 11.6. The second-order valence-electron chi connectivity index (χ2n) is 4.33.